The first kappa shape index (κ1) is 13.4. The predicted octanol–water partition coefficient (Wildman–Crippen LogP) is 3.10. The summed E-state index contributed by atoms with van der Waals surface area (Å²) in [6.07, 6.45) is 3.74. The van der Waals surface area contributed by atoms with Crippen LogP contribution in [0.5, 0.6) is 0 Å². The molecule has 18 heavy (non-hydrogen) atoms. The summed E-state index contributed by atoms with van der Waals surface area (Å²) in [7, 11) is 0. The highest BCUT2D eigenvalue weighted by Crippen LogP contribution is 2.27. The minimum absolute atomic E-state index is 0.0196. The Morgan fingerprint density at radius 3 is 2.89 bits per heavy atom. The van der Waals surface area contributed by atoms with E-state index in [1.165, 1.54) is 0 Å². The molecule has 0 bridgehead atoms. The molecular formula is C14H19ClN2O. The minimum Gasteiger partial charge on any atom is -0.328 e. The molecule has 0 aromatic heterocycles. The monoisotopic (exact) mass is 266 g/mol. The van der Waals surface area contributed by atoms with Crippen LogP contribution in [0.1, 0.15) is 31.2 Å². The van der Waals surface area contributed by atoms with Gasteiger partial charge in [0.15, 0.2) is 0 Å². The van der Waals surface area contributed by atoms with Crippen molar-refractivity contribution < 1.29 is 4.79 Å². The van der Waals surface area contributed by atoms with Crippen molar-refractivity contribution in [2.45, 2.75) is 38.6 Å². The zero-order valence-electron chi connectivity index (χ0n) is 10.6. The number of hydrogen-bond acceptors (Lipinski definition) is 2. The zero-order chi connectivity index (χ0) is 13.1. The number of rotatable bonds is 2. The van der Waals surface area contributed by atoms with Crippen LogP contribution in [-0.4, -0.2) is 11.9 Å². The van der Waals surface area contributed by atoms with E-state index in [1.54, 1.807) is 0 Å². The molecule has 1 aromatic rings. The molecule has 0 aliphatic heterocycles. The summed E-state index contributed by atoms with van der Waals surface area (Å²) in [6.45, 7) is 1.97. The van der Waals surface area contributed by atoms with E-state index < -0.39 is 0 Å². The lowest BCUT2D eigenvalue weighted by Gasteiger charge is -2.25. The number of halogens is 1. The van der Waals surface area contributed by atoms with Gasteiger partial charge >= 0.3 is 0 Å². The van der Waals surface area contributed by atoms with Crippen molar-refractivity contribution in [3.63, 3.8) is 0 Å². The van der Waals surface area contributed by atoms with Gasteiger partial charge in [0.1, 0.15) is 0 Å². The number of benzene rings is 1. The molecule has 2 unspecified atom stereocenters. The fourth-order valence-electron chi connectivity index (χ4n) is 2.42. The highest BCUT2D eigenvalue weighted by molar-refractivity contribution is 6.33. The van der Waals surface area contributed by atoms with Crippen molar-refractivity contribution in [1.29, 1.82) is 0 Å². The van der Waals surface area contributed by atoms with Crippen LogP contribution in [0.4, 0.5) is 5.69 Å². The minimum atomic E-state index is 0.0196. The number of aryl methyl sites for hydroxylation is 1. The van der Waals surface area contributed by atoms with Crippen LogP contribution >= 0.6 is 11.6 Å². The Kier molecular flexibility index (Phi) is 4.25. The number of nitrogens with one attached hydrogen (secondary N) is 1. The largest absolute Gasteiger partial charge is 0.328 e. The highest BCUT2D eigenvalue weighted by atomic mass is 35.5. The summed E-state index contributed by atoms with van der Waals surface area (Å²) >= 11 is 6.10. The van der Waals surface area contributed by atoms with Gasteiger partial charge in [-0.25, -0.2) is 0 Å². The highest BCUT2D eigenvalue weighted by Gasteiger charge is 2.25. The molecule has 3 nitrogen and oxygen atoms in total. The Balaban J connectivity index is 2.02. The quantitative estimate of drug-likeness (QED) is 0.864. The maximum absolute atomic E-state index is 12.1. The first-order chi connectivity index (χ1) is 8.56. The van der Waals surface area contributed by atoms with Crippen molar-refractivity contribution in [2.75, 3.05) is 5.32 Å². The number of anilines is 1. The molecule has 0 heterocycles. The average Bonchev–Trinajstić information content (AvgIpc) is 2.32. The molecule has 1 saturated carbocycles. The van der Waals surface area contributed by atoms with Crippen LogP contribution in [0.3, 0.4) is 0 Å². The fraction of sp³-hybridized carbons (Fsp3) is 0.500. The number of carbonyl (C=O) groups is 1. The molecular weight excluding hydrogens is 248 g/mol. The topological polar surface area (TPSA) is 55.1 Å². The normalized spacial score (nSPS) is 23.7. The molecule has 2 rings (SSSR count). The van der Waals surface area contributed by atoms with Crippen LogP contribution in [0.2, 0.25) is 5.02 Å². The van der Waals surface area contributed by atoms with Gasteiger partial charge in [0, 0.05) is 12.0 Å². The van der Waals surface area contributed by atoms with E-state index >= 15 is 0 Å². The maximum atomic E-state index is 12.1. The Morgan fingerprint density at radius 2 is 2.22 bits per heavy atom. The van der Waals surface area contributed by atoms with Gasteiger partial charge in [-0.15, -0.1) is 0 Å². The lowest BCUT2D eigenvalue weighted by molar-refractivity contribution is -0.120. The number of carbonyl (C=O) groups excluding carboxylic acids is 1. The van der Waals surface area contributed by atoms with Gasteiger partial charge in [0.05, 0.1) is 10.7 Å². The molecule has 98 valence electrons. The summed E-state index contributed by atoms with van der Waals surface area (Å²) in [5.74, 6) is 0.0574. The Labute approximate surface area is 113 Å². The van der Waals surface area contributed by atoms with Crippen molar-refractivity contribution in [1.82, 2.24) is 0 Å². The van der Waals surface area contributed by atoms with E-state index in [4.69, 9.17) is 17.3 Å². The van der Waals surface area contributed by atoms with E-state index in [0.29, 0.717) is 10.7 Å². The van der Waals surface area contributed by atoms with E-state index in [0.717, 1.165) is 31.2 Å². The second kappa shape index (κ2) is 5.72. The molecule has 1 aromatic carbocycles. The second-order valence-corrected chi connectivity index (χ2v) is 5.50. The fourth-order valence-corrected chi connectivity index (χ4v) is 2.70. The zero-order valence-corrected chi connectivity index (χ0v) is 11.3. The molecule has 0 radical (unpaired) electrons. The van der Waals surface area contributed by atoms with E-state index in [1.807, 2.05) is 25.1 Å². The first-order valence-electron chi connectivity index (χ1n) is 6.39. The third-order valence-corrected chi connectivity index (χ3v) is 3.78. The molecule has 1 fully saturated rings. The summed E-state index contributed by atoms with van der Waals surface area (Å²) < 4.78 is 0. The van der Waals surface area contributed by atoms with Crippen molar-refractivity contribution in [3.8, 4) is 0 Å². The lowest BCUT2D eigenvalue weighted by Crippen LogP contribution is -2.34. The summed E-state index contributed by atoms with van der Waals surface area (Å²) in [6, 6.07) is 5.79. The number of nitrogens with two attached hydrogens (primary N) is 1. The van der Waals surface area contributed by atoms with E-state index in [-0.39, 0.29) is 17.9 Å². The second-order valence-electron chi connectivity index (χ2n) is 5.10. The van der Waals surface area contributed by atoms with E-state index in [2.05, 4.69) is 5.32 Å². The predicted molar refractivity (Wildman–Crippen MR) is 74.8 cm³/mol. The molecule has 1 aliphatic rings. The third kappa shape index (κ3) is 3.24. The van der Waals surface area contributed by atoms with Crippen LogP contribution in [0, 0.1) is 12.8 Å². The van der Waals surface area contributed by atoms with Crippen molar-refractivity contribution in [3.05, 3.63) is 28.8 Å². The summed E-state index contributed by atoms with van der Waals surface area (Å²) in [5.41, 5.74) is 7.67. The number of amides is 1. The van der Waals surface area contributed by atoms with Crippen molar-refractivity contribution >= 4 is 23.2 Å². The maximum Gasteiger partial charge on any atom is 0.227 e. The third-order valence-electron chi connectivity index (χ3n) is 3.47. The van der Waals surface area contributed by atoms with Crippen LogP contribution < -0.4 is 11.1 Å². The van der Waals surface area contributed by atoms with E-state index in [9.17, 15) is 4.79 Å². The van der Waals surface area contributed by atoms with Gasteiger partial charge in [-0.1, -0.05) is 24.1 Å². The molecule has 3 N–H and O–H groups in total. The Morgan fingerprint density at radius 1 is 1.44 bits per heavy atom. The number of hydrogen-bond donors (Lipinski definition) is 2. The molecule has 0 spiro atoms. The van der Waals surface area contributed by atoms with Crippen LogP contribution in [0.25, 0.3) is 0 Å². The van der Waals surface area contributed by atoms with Gasteiger partial charge < -0.3 is 11.1 Å². The van der Waals surface area contributed by atoms with Gasteiger partial charge in [0.25, 0.3) is 0 Å². The Hall–Kier alpha value is -1.06. The average molecular weight is 267 g/mol. The molecule has 0 saturated heterocycles. The lowest BCUT2D eigenvalue weighted by atomic mass is 9.85. The standard InChI is InChI=1S/C14H19ClN2O/c1-9-5-6-13(12(15)7-9)17-14(18)10-3-2-4-11(16)8-10/h5-7,10-11H,2-4,8,16H2,1H3,(H,17,18). The molecule has 1 amide bonds. The smallest absolute Gasteiger partial charge is 0.227 e. The Bertz CT molecular complexity index is 447. The molecule has 2 atom stereocenters. The summed E-state index contributed by atoms with van der Waals surface area (Å²) in [5, 5.41) is 3.49. The molecule has 1 aliphatic carbocycles. The summed E-state index contributed by atoms with van der Waals surface area (Å²) in [4.78, 5) is 12.1. The van der Waals surface area contributed by atoms with Gasteiger partial charge in [-0.2, -0.15) is 0 Å². The van der Waals surface area contributed by atoms with Crippen LogP contribution in [-0.2, 0) is 4.79 Å². The van der Waals surface area contributed by atoms with Crippen molar-refractivity contribution in [2.24, 2.45) is 11.7 Å². The van der Waals surface area contributed by atoms with Crippen LogP contribution in [0.15, 0.2) is 18.2 Å². The van der Waals surface area contributed by atoms with Gasteiger partial charge in [0.2, 0.25) is 5.91 Å². The molecule has 4 heteroatoms. The van der Waals surface area contributed by atoms with Gasteiger partial charge in [-0.3, -0.25) is 4.79 Å². The first-order valence-corrected chi connectivity index (χ1v) is 6.76. The SMILES string of the molecule is Cc1ccc(NC(=O)C2CCCC(N)C2)c(Cl)c1. The van der Waals surface area contributed by atoms with Gasteiger partial charge in [-0.05, 0) is 43.9 Å².